The number of nitrogens with one attached hydrogen (secondary N) is 1. The van der Waals surface area contributed by atoms with Crippen molar-refractivity contribution >= 4 is 17.5 Å². The standard InChI is InChI=1S/C14H21ClN2O/c1-4-14(16,5-2)13(18)17-10(3)11-6-8-12(15)9-7-11/h6-10H,4-5,16H2,1-3H3,(H,17,18)/t10-/m0/s1. The van der Waals surface area contributed by atoms with Crippen molar-refractivity contribution in [2.24, 2.45) is 5.73 Å². The molecule has 0 fully saturated rings. The van der Waals surface area contributed by atoms with Crippen LogP contribution < -0.4 is 11.1 Å². The summed E-state index contributed by atoms with van der Waals surface area (Å²) in [6.07, 6.45) is 1.26. The lowest BCUT2D eigenvalue weighted by Gasteiger charge is -2.27. The summed E-state index contributed by atoms with van der Waals surface area (Å²) in [6.45, 7) is 5.79. The highest BCUT2D eigenvalue weighted by Crippen LogP contribution is 2.18. The lowest BCUT2D eigenvalue weighted by Crippen LogP contribution is -2.53. The van der Waals surface area contributed by atoms with Crippen LogP contribution >= 0.6 is 11.6 Å². The zero-order valence-corrected chi connectivity index (χ0v) is 11.9. The number of carbonyl (C=O) groups excluding carboxylic acids is 1. The molecule has 0 aliphatic rings. The van der Waals surface area contributed by atoms with Gasteiger partial charge in [-0.15, -0.1) is 0 Å². The summed E-state index contributed by atoms with van der Waals surface area (Å²) in [7, 11) is 0. The highest BCUT2D eigenvalue weighted by molar-refractivity contribution is 6.30. The number of rotatable bonds is 5. The van der Waals surface area contributed by atoms with Crippen LogP contribution in [0.5, 0.6) is 0 Å². The van der Waals surface area contributed by atoms with Crippen molar-refractivity contribution < 1.29 is 4.79 Å². The molecule has 1 aromatic rings. The first-order valence-corrected chi connectivity index (χ1v) is 6.66. The van der Waals surface area contributed by atoms with Gasteiger partial charge < -0.3 is 11.1 Å². The fourth-order valence-corrected chi connectivity index (χ4v) is 1.87. The smallest absolute Gasteiger partial charge is 0.240 e. The quantitative estimate of drug-likeness (QED) is 0.862. The summed E-state index contributed by atoms with van der Waals surface area (Å²) in [6, 6.07) is 7.37. The zero-order valence-electron chi connectivity index (χ0n) is 11.2. The molecule has 0 radical (unpaired) electrons. The van der Waals surface area contributed by atoms with Crippen molar-refractivity contribution in [3.05, 3.63) is 34.9 Å². The third kappa shape index (κ3) is 3.47. The molecule has 4 heteroatoms. The summed E-state index contributed by atoms with van der Waals surface area (Å²) in [4.78, 5) is 12.1. The van der Waals surface area contributed by atoms with E-state index >= 15 is 0 Å². The minimum atomic E-state index is -0.777. The molecule has 0 saturated heterocycles. The Labute approximate surface area is 114 Å². The van der Waals surface area contributed by atoms with Crippen LogP contribution in [0.3, 0.4) is 0 Å². The zero-order chi connectivity index (χ0) is 13.8. The van der Waals surface area contributed by atoms with Crippen LogP contribution in [-0.4, -0.2) is 11.4 Å². The van der Waals surface area contributed by atoms with E-state index < -0.39 is 5.54 Å². The second-order valence-electron chi connectivity index (χ2n) is 4.61. The summed E-state index contributed by atoms with van der Waals surface area (Å²) in [5, 5.41) is 3.64. The number of halogens is 1. The first-order valence-electron chi connectivity index (χ1n) is 6.28. The summed E-state index contributed by atoms with van der Waals surface area (Å²) < 4.78 is 0. The van der Waals surface area contributed by atoms with Crippen LogP contribution in [0.1, 0.15) is 45.2 Å². The van der Waals surface area contributed by atoms with Crippen molar-refractivity contribution in [3.8, 4) is 0 Å². The molecular weight excluding hydrogens is 248 g/mol. The topological polar surface area (TPSA) is 55.1 Å². The predicted molar refractivity (Wildman–Crippen MR) is 75.5 cm³/mol. The maximum atomic E-state index is 12.1. The van der Waals surface area contributed by atoms with E-state index in [1.165, 1.54) is 0 Å². The normalized spacial score (nSPS) is 13.2. The van der Waals surface area contributed by atoms with Gasteiger partial charge in [0.2, 0.25) is 5.91 Å². The fraction of sp³-hybridized carbons (Fsp3) is 0.500. The molecule has 0 saturated carbocycles. The van der Waals surface area contributed by atoms with Gasteiger partial charge in [-0.1, -0.05) is 37.6 Å². The van der Waals surface area contributed by atoms with Crippen molar-refractivity contribution in [2.75, 3.05) is 0 Å². The van der Waals surface area contributed by atoms with E-state index in [4.69, 9.17) is 17.3 Å². The van der Waals surface area contributed by atoms with Gasteiger partial charge in [-0.2, -0.15) is 0 Å². The number of nitrogens with two attached hydrogens (primary N) is 1. The van der Waals surface area contributed by atoms with Crippen LogP contribution in [0.25, 0.3) is 0 Å². The highest BCUT2D eigenvalue weighted by Gasteiger charge is 2.30. The highest BCUT2D eigenvalue weighted by atomic mass is 35.5. The second-order valence-corrected chi connectivity index (χ2v) is 5.05. The van der Waals surface area contributed by atoms with Gasteiger partial charge in [0.25, 0.3) is 0 Å². The molecule has 0 aliphatic heterocycles. The van der Waals surface area contributed by atoms with Gasteiger partial charge in [0, 0.05) is 5.02 Å². The minimum Gasteiger partial charge on any atom is -0.348 e. The maximum absolute atomic E-state index is 12.1. The Hall–Kier alpha value is -1.06. The molecule has 1 atom stereocenters. The Morgan fingerprint density at radius 3 is 2.28 bits per heavy atom. The van der Waals surface area contributed by atoms with E-state index in [1.54, 1.807) is 0 Å². The van der Waals surface area contributed by atoms with Crippen molar-refractivity contribution in [2.45, 2.75) is 45.2 Å². The summed E-state index contributed by atoms with van der Waals surface area (Å²) in [5.74, 6) is -0.102. The second kappa shape index (κ2) is 6.21. The molecule has 0 aromatic heterocycles. The molecule has 0 heterocycles. The largest absolute Gasteiger partial charge is 0.348 e. The molecule has 3 nitrogen and oxygen atoms in total. The third-order valence-corrected chi connectivity index (χ3v) is 3.68. The van der Waals surface area contributed by atoms with E-state index in [1.807, 2.05) is 45.0 Å². The maximum Gasteiger partial charge on any atom is 0.240 e. The number of hydrogen-bond acceptors (Lipinski definition) is 2. The Morgan fingerprint density at radius 1 is 1.33 bits per heavy atom. The molecule has 0 bridgehead atoms. The van der Waals surface area contributed by atoms with Gasteiger partial charge >= 0.3 is 0 Å². The van der Waals surface area contributed by atoms with Crippen LogP contribution in [0.15, 0.2) is 24.3 Å². The summed E-state index contributed by atoms with van der Waals surface area (Å²) >= 11 is 5.83. The minimum absolute atomic E-state index is 0.0733. The van der Waals surface area contributed by atoms with Crippen molar-refractivity contribution in [1.82, 2.24) is 5.32 Å². The molecule has 3 N–H and O–H groups in total. The molecule has 0 unspecified atom stereocenters. The molecule has 0 aliphatic carbocycles. The SMILES string of the molecule is CCC(N)(CC)C(=O)N[C@@H](C)c1ccc(Cl)cc1. The fourth-order valence-electron chi connectivity index (χ4n) is 1.75. The predicted octanol–water partition coefficient (Wildman–Crippen LogP) is 3.03. The average Bonchev–Trinajstić information content (AvgIpc) is 2.38. The Bertz CT molecular complexity index is 399. The third-order valence-electron chi connectivity index (χ3n) is 3.43. The number of carbonyl (C=O) groups is 1. The number of benzene rings is 1. The Kier molecular flexibility index (Phi) is 5.17. The number of amides is 1. The first kappa shape index (κ1) is 15.0. The van der Waals surface area contributed by atoms with Crippen LogP contribution in [0, 0.1) is 0 Å². The van der Waals surface area contributed by atoms with Crippen LogP contribution in [0.2, 0.25) is 5.02 Å². The van der Waals surface area contributed by atoms with E-state index in [2.05, 4.69) is 5.32 Å². The Morgan fingerprint density at radius 2 is 1.83 bits per heavy atom. The lowest BCUT2D eigenvalue weighted by molar-refractivity contribution is -0.127. The van der Waals surface area contributed by atoms with Gasteiger partial charge in [-0.05, 0) is 37.5 Å². The first-order chi connectivity index (χ1) is 8.42. The molecule has 18 heavy (non-hydrogen) atoms. The van der Waals surface area contributed by atoms with Gasteiger partial charge in [0.05, 0.1) is 11.6 Å². The van der Waals surface area contributed by atoms with Crippen LogP contribution in [0.4, 0.5) is 0 Å². The monoisotopic (exact) mass is 268 g/mol. The van der Waals surface area contributed by atoms with E-state index in [0.29, 0.717) is 17.9 Å². The van der Waals surface area contributed by atoms with Gasteiger partial charge in [-0.25, -0.2) is 0 Å². The summed E-state index contributed by atoms with van der Waals surface area (Å²) in [5.41, 5.74) is 6.30. The van der Waals surface area contributed by atoms with Crippen LogP contribution in [-0.2, 0) is 4.79 Å². The van der Waals surface area contributed by atoms with Crippen molar-refractivity contribution in [1.29, 1.82) is 0 Å². The van der Waals surface area contributed by atoms with E-state index in [9.17, 15) is 4.79 Å². The average molecular weight is 269 g/mol. The molecule has 1 rings (SSSR count). The van der Waals surface area contributed by atoms with E-state index in [0.717, 1.165) is 5.56 Å². The van der Waals surface area contributed by atoms with Gasteiger partial charge in [-0.3, -0.25) is 4.79 Å². The van der Waals surface area contributed by atoms with Crippen molar-refractivity contribution in [3.63, 3.8) is 0 Å². The Balaban J connectivity index is 2.73. The molecule has 0 spiro atoms. The van der Waals surface area contributed by atoms with Gasteiger partial charge in [0.15, 0.2) is 0 Å². The molecule has 1 amide bonds. The number of hydrogen-bond donors (Lipinski definition) is 2. The lowest BCUT2D eigenvalue weighted by atomic mass is 9.92. The van der Waals surface area contributed by atoms with E-state index in [-0.39, 0.29) is 11.9 Å². The van der Waals surface area contributed by atoms with Gasteiger partial charge in [0.1, 0.15) is 0 Å². The molecule has 1 aromatic carbocycles. The molecular formula is C14H21ClN2O. The molecule has 100 valence electrons.